The Labute approximate surface area is 163 Å². The van der Waals surface area contributed by atoms with Crippen LogP contribution in [0.15, 0.2) is 36.4 Å². The lowest BCUT2D eigenvalue weighted by Crippen LogP contribution is -2.63. The van der Waals surface area contributed by atoms with Gasteiger partial charge in [0, 0.05) is 12.2 Å². The van der Waals surface area contributed by atoms with Gasteiger partial charge in [-0.1, -0.05) is 0 Å². The van der Waals surface area contributed by atoms with Crippen molar-refractivity contribution in [2.45, 2.75) is 18.0 Å². The summed E-state index contributed by atoms with van der Waals surface area (Å²) in [5, 5.41) is 0. The van der Waals surface area contributed by atoms with Gasteiger partial charge in [0.1, 0.15) is 0 Å². The molecule has 0 bridgehead atoms. The SMILES string of the molecule is O=C(OC(CS(=O)(=O)[O-])(C(F)(F)F)C(F)(F)F)c1ccc(N2C(=O)C=CC2=O)cc1. The van der Waals surface area contributed by atoms with Crippen LogP contribution >= 0.6 is 0 Å². The molecular formula is C15H8F6NO7S-. The summed E-state index contributed by atoms with van der Waals surface area (Å²) >= 11 is 0. The Bertz CT molecular complexity index is 979. The number of halogens is 6. The van der Waals surface area contributed by atoms with Gasteiger partial charge in [-0.2, -0.15) is 26.3 Å². The summed E-state index contributed by atoms with van der Waals surface area (Å²) in [6.07, 6.45) is -11.2. The molecule has 30 heavy (non-hydrogen) atoms. The van der Waals surface area contributed by atoms with Gasteiger partial charge in [-0.25, -0.2) is 18.1 Å². The van der Waals surface area contributed by atoms with Crippen LogP contribution in [-0.2, 0) is 24.4 Å². The van der Waals surface area contributed by atoms with Crippen LogP contribution in [0, 0.1) is 0 Å². The van der Waals surface area contributed by atoms with E-state index in [0.717, 1.165) is 24.3 Å². The highest BCUT2D eigenvalue weighted by atomic mass is 32.2. The molecule has 0 N–H and O–H groups in total. The van der Waals surface area contributed by atoms with Crippen molar-refractivity contribution in [2.75, 3.05) is 10.7 Å². The molecule has 0 atom stereocenters. The molecule has 164 valence electrons. The molecule has 0 aliphatic carbocycles. The Morgan fingerprint density at radius 1 is 0.933 bits per heavy atom. The zero-order valence-electron chi connectivity index (χ0n) is 14.2. The van der Waals surface area contributed by atoms with Gasteiger partial charge >= 0.3 is 23.9 Å². The number of hydrogen-bond donors (Lipinski definition) is 0. The quantitative estimate of drug-likeness (QED) is 0.284. The fraction of sp³-hybridized carbons (Fsp3) is 0.267. The summed E-state index contributed by atoms with van der Waals surface area (Å²) in [4.78, 5) is 35.6. The molecule has 0 unspecified atom stereocenters. The number of ether oxygens (including phenoxy) is 1. The third kappa shape index (κ3) is 4.46. The minimum absolute atomic E-state index is 0.161. The normalized spacial score (nSPS) is 15.6. The van der Waals surface area contributed by atoms with Crippen molar-refractivity contribution < 1.29 is 58.4 Å². The van der Waals surface area contributed by atoms with E-state index in [1.54, 1.807) is 0 Å². The third-order valence-corrected chi connectivity index (χ3v) is 4.49. The van der Waals surface area contributed by atoms with Gasteiger partial charge < -0.3 is 9.29 Å². The van der Waals surface area contributed by atoms with E-state index in [0.29, 0.717) is 17.0 Å². The summed E-state index contributed by atoms with van der Waals surface area (Å²) in [6.45, 7) is 0. The molecule has 2 rings (SSSR count). The first-order valence-corrected chi connectivity index (χ1v) is 9.03. The number of carbonyl (C=O) groups excluding carboxylic acids is 3. The van der Waals surface area contributed by atoms with Gasteiger partial charge in [0.2, 0.25) is 0 Å². The van der Waals surface area contributed by atoms with Crippen LogP contribution in [0.4, 0.5) is 32.0 Å². The van der Waals surface area contributed by atoms with Crippen molar-refractivity contribution in [1.82, 2.24) is 0 Å². The summed E-state index contributed by atoms with van der Waals surface area (Å²) in [6, 6.07) is 2.98. The van der Waals surface area contributed by atoms with Gasteiger partial charge in [-0.15, -0.1) is 0 Å². The molecular weight excluding hydrogens is 452 g/mol. The largest absolute Gasteiger partial charge is 0.748 e. The molecule has 1 aromatic rings. The number of hydrogen-bond acceptors (Lipinski definition) is 7. The number of anilines is 1. The van der Waals surface area contributed by atoms with E-state index in [1.807, 2.05) is 0 Å². The van der Waals surface area contributed by atoms with Gasteiger partial charge in [0.15, 0.2) is 0 Å². The van der Waals surface area contributed by atoms with Crippen LogP contribution in [-0.4, -0.2) is 54.5 Å². The van der Waals surface area contributed by atoms with Crippen LogP contribution in [0.25, 0.3) is 0 Å². The summed E-state index contributed by atoms with van der Waals surface area (Å²) < 4.78 is 114. The number of amides is 2. The van der Waals surface area contributed by atoms with E-state index in [9.17, 15) is 53.7 Å². The van der Waals surface area contributed by atoms with E-state index in [-0.39, 0.29) is 5.69 Å². The monoisotopic (exact) mass is 460 g/mol. The Hall–Kier alpha value is -2.94. The second-order valence-corrected chi connectivity index (χ2v) is 7.21. The third-order valence-electron chi connectivity index (χ3n) is 3.73. The van der Waals surface area contributed by atoms with Crippen LogP contribution in [0.3, 0.4) is 0 Å². The van der Waals surface area contributed by atoms with Gasteiger partial charge in [-0.05, 0) is 24.3 Å². The highest BCUT2D eigenvalue weighted by Crippen LogP contribution is 2.47. The van der Waals surface area contributed by atoms with Gasteiger partial charge in [0.25, 0.3) is 11.8 Å². The Balaban J connectivity index is 2.40. The summed E-state index contributed by atoms with van der Waals surface area (Å²) in [5.41, 5.74) is -6.68. The first-order valence-electron chi connectivity index (χ1n) is 7.45. The predicted molar refractivity (Wildman–Crippen MR) is 82.9 cm³/mol. The van der Waals surface area contributed by atoms with Crippen molar-refractivity contribution in [3.63, 3.8) is 0 Å². The molecule has 1 aromatic carbocycles. The number of benzene rings is 1. The maximum atomic E-state index is 13.1. The molecule has 0 fully saturated rings. The topological polar surface area (TPSA) is 121 Å². The zero-order chi connectivity index (χ0) is 23.1. The molecule has 1 aliphatic heterocycles. The van der Waals surface area contributed by atoms with Crippen LogP contribution in [0.2, 0.25) is 0 Å². The predicted octanol–water partition coefficient (Wildman–Crippen LogP) is 1.68. The number of nitrogens with zero attached hydrogens (tertiary/aromatic N) is 1. The summed E-state index contributed by atoms with van der Waals surface area (Å²) in [5.74, 6) is -6.95. The Kier molecular flexibility index (Phi) is 5.75. The first kappa shape index (κ1) is 23.3. The van der Waals surface area contributed by atoms with Crippen molar-refractivity contribution in [3.05, 3.63) is 42.0 Å². The molecule has 2 amide bonds. The molecule has 0 saturated carbocycles. The van der Waals surface area contributed by atoms with Crippen LogP contribution in [0.1, 0.15) is 10.4 Å². The number of rotatable bonds is 5. The Morgan fingerprint density at radius 3 is 1.73 bits per heavy atom. The van der Waals surface area contributed by atoms with Gasteiger partial charge in [0.05, 0.1) is 27.1 Å². The first-order chi connectivity index (χ1) is 13.5. The molecule has 1 aliphatic rings. The maximum absolute atomic E-state index is 13.1. The van der Waals surface area contributed by atoms with Gasteiger partial charge in [-0.3, -0.25) is 9.59 Å². The fourth-order valence-electron chi connectivity index (χ4n) is 2.34. The number of alkyl halides is 6. The van der Waals surface area contributed by atoms with Crippen LogP contribution in [0.5, 0.6) is 0 Å². The van der Waals surface area contributed by atoms with Crippen LogP contribution < -0.4 is 4.90 Å². The molecule has 15 heteroatoms. The van der Waals surface area contributed by atoms with E-state index >= 15 is 0 Å². The highest BCUT2D eigenvalue weighted by Gasteiger charge is 2.75. The molecule has 0 radical (unpaired) electrons. The molecule has 8 nitrogen and oxygen atoms in total. The van der Waals surface area contributed by atoms with Crippen molar-refractivity contribution >= 4 is 33.6 Å². The lowest BCUT2D eigenvalue weighted by molar-refractivity contribution is -0.356. The lowest BCUT2D eigenvalue weighted by Gasteiger charge is -2.36. The molecule has 1 heterocycles. The second kappa shape index (κ2) is 7.39. The zero-order valence-corrected chi connectivity index (χ0v) is 15.0. The standard InChI is InChI=1S/C15H9F6NO7S/c16-14(17,18)13(15(19,20)21,7-30(26,27)28)29-12(25)8-1-3-9(4-2-8)22-10(23)5-6-11(22)24/h1-6H,7H2,(H,26,27,28)/p-1. The summed E-state index contributed by atoms with van der Waals surface area (Å²) in [7, 11) is -6.16. The number of carbonyl (C=O) groups is 3. The number of esters is 1. The maximum Gasteiger partial charge on any atom is 0.438 e. The Morgan fingerprint density at radius 2 is 1.37 bits per heavy atom. The van der Waals surface area contributed by atoms with Crippen molar-refractivity contribution in [3.8, 4) is 0 Å². The fourth-order valence-corrected chi connectivity index (χ4v) is 3.22. The molecule has 0 saturated heterocycles. The average molecular weight is 460 g/mol. The lowest BCUT2D eigenvalue weighted by atomic mass is 10.1. The second-order valence-electron chi connectivity index (χ2n) is 5.81. The highest BCUT2D eigenvalue weighted by molar-refractivity contribution is 7.85. The van der Waals surface area contributed by atoms with E-state index < -0.39 is 57.2 Å². The van der Waals surface area contributed by atoms with Crippen molar-refractivity contribution in [2.24, 2.45) is 0 Å². The van der Waals surface area contributed by atoms with E-state index in [1.165, 1.54) is 0 Å². The average Bonchev–Trinajstić information content (AvgIpc) is 2.89. The van der Waals surface area contributed by atoms with Crippen molar-refractivity contribution in [1.29, 1.82) is 0 Å². The number of imide groups is 1. The minimum Gasteiger partial charge on any atom is -0.748 e. The smallest absolute Gasteiger partial charge is 0.438 e. The minimum atomic E-state index is -6.50. The molecule has 0 spiro atoms. The van der Waals surface area contributed by atoms with E-state index in [4.69, 9.17) is 0 Å². The molecule has 0 aromatic heterocycles. The van der Waals surface area contributed by atoms with E-state index in [2.05, 4.69) is 4.74 Å².